The van der Waals surface area contributed by atoms with Crippen molar-refractivity contribution in [2.75, 3.05) is 5.75 Å². The minimum Gasteiger partial charge on any atom is -0.508 e. The SMILES string of the molecule is O=C(CSc1cc(F)ccc1F)OCc1cc(=O)oc2cc(O)ccc12. The van der Waals surface area contributed by atoms with Crippen LogP contribution in [-0.2, 0) is 16.1 Å². The standard InChI is InChI=1S/C18H12F2O5S/c19-11-1-4-14(20)16(6-11)26-9-18(23)24-8-10-5-17(22)25-15-7-12(21)2-3-13(10)15/h1-7,21H,8-9H2. The summed E-state index contributed by atoms with van der Waals surface area (Å²) in [5.74, 6) is -2.17. The van der Waals surface area contributed by atoms with Gasteiger partial charge in [-0.3, -0.25) is 4.79 Å². The Morgan fingerprint density at radius 1 is 1.15 bits per heavy atom. The summed E-state index contributed by atoms with van der Waals surface area (Å²) in [4.78, 5) is 23.4. The molecule has 3 aromatic rings. The van der Waals surface area contributed by atoms with Crippen molar-refractivity contribution in [3.8, 4) is 5.75 Å². The molecule has 0 unspecified atom stereocenters. The molecule has 0 radical (unpaired) electrons. The van der Waals surface area contributed by atoms with Crippen molar-refractivity contribution in [3.05, 3.63) is 70.1 Å². The fraction of sp³-hybridized carbons (Fsp3) is 0.111. The molecule has 0 amide bonds. The molecule has 1 heterocycles. The third-order valence-electron chi connectivity index (χ3n) is 3.44. The molecule has 2 aromatic carbocycles. The fourth-order valence-corrected chi connectivity index (χ4v) is 3.02. The molecule has 5 nitrogen and oxygen atoms in total. The molecule has 0 spiro atoms. The first-order chi connectivity index (χ1) is 12.4. The van der Waals surface area contributed by atoms with Crippen LogP contribution in [0.5, 0.6) is 5.75 Å². The van der Waals surface area contributed by atoms with Crippen molar-refractivity contribution in [1.29, 1.82) is 0 Å². The molecule has 1 N–H and O–H groups in total. The average Bonchev–Trinajstić information content (AvgIpc) is 2.59. The number of halogens is 2. The molecule has 0 saturated heterocycles. The number of fused-ring (bicyclic) bond motifs is 1. The van der Waals surface area contributed by atoms with E-state index < -0.39 is 23.2 Å². The average molecular weight is 378 g/mol. The number of hydrogen-bond donors (Lipinski definition) is 1. The molecule has 0 aliphatic heterocycles. The lowest BCUT2D eigenvalue weighted by molar-refractivity contribution is -0.141. The van der Waals surface area contributed by atoms with Crippen LogP contribution in [0.1, 0.15) is 5.56 Å². The highest BCUT2D eigenvalue weighted by Crippen LogP contribution is 2.24. The van der Waals surface area contributed by atoms with E-state index in [1.807, 2.05) is 0 Å². The number of ether oxygens (including phenoxy) is 1. The van der Waals surface area contributed by atoms with E-state index in [2.05, 4.69) is 0 Å². The molecule has 8 heteroatoms. The van der Waals surface area contributed by atoms with Crippen molar-refractivity contribution < 1.29 is 27.8 Å². The van der Waals surface area contributed by atoms with E-state index in [1.165, 1.54) is 24.3 Å². The molecule has 0 bridgehead atoms. The number of carbonyl (C=O) groups excluding carboxylic acids is 1. The molecule has 134 valence electrons. The molecule has 0 aliphatic rings. The van der Waals surface area contributed by atoms with E-state index in [9.17, 15) is 23.5 Å². The van der Waals surface area contributed by atoms with Gasteiger partial charge in [-0.05, 0) is 30.3 Å². The number of thioether (sulfide) groups is 1. The Balaban J connectivity index is 1.67. The minimum absolute atomic E-state index is 0.00299. The number of esters is 1. The van der Waals surface area contributed by atoms with E-state index in [1.54, 1.807) is 0 Å². The molecule has 0 atom stereocenters. The summed E-state index contributed by atoms with van der Waals surface area (Å²) >= 11 is 0.810. The van der Waals surface area contributed by atoms with Crippen molar-refractivity contribution in [1.82, 2.24) is 0 Å². The van der Waals surface area contributed by atoms with Crippen molar-refractivity contribution >= 4 is 28.7 Å². The monoisotopic (exact) mass is 378 g/mol. The topological polar surface area (TPSA) is 76.7 Å². The Morgan fingerprint density at radius 3 is 2.77 bits per heavy atom. The first kappa shape index (κ1) is 17.9. The number of phenols is 1. The lowest BCUT2D eigenvalue weighted by Crippen LogP contribution is -2.09. The van der Waals surface area contributed by atoms with Crippen LogP contribution in [0.2, 0.25) is 0 Å². The maximum absolute atomic E-state index is 13.5. The first-order valence-electron chi connectivity index (χ1n) is 7.41. The van der Waals surface area contributed by atoms with Crippen molar-refractivity contribution in [3.63, 3.8) is 0 Å². The zero-order chi connectivity index (χ0) is 18.7. The molecule has 1 aromatic heterocycles. The van der Waals surface area contributed by atoms with Crippen LogP contribution in [0.15, 0.2) is 56.6 Å². The largest absolute Gasteiger partial charge is 0.508 e. The van der Waals surface area contributed by atoms with Crippen molar-refractivity contribution in [2.45, 2.75) is 11.5 Å². The van der Waals surface area contributed by atoms with Gasteiger partial charge in [0, 0.05) is 28.0 Å². The maximum atomic E-state index is 13.5. The minimum atomic E-state index is -0.654. The zero-order valence-corrected chi connectivity index (χ0v) is 14.0. The predicted molar refractivity (Wildman–Crippen MR) is 91.0 cm³/mol. The van der Waals surface area contributed by atoms with Gasteiger partial charge in [-0.25, -0.2) is 13.6 Å². The van der Waals surface area contributed by atoms with Crippen LogP contribution in [0, 0.1) is 11.6 Å². The molecule has 0 aliphatic carbocycles. The summed E-state index contributed by atoms with van der Waals surface area (Å²) in [6, 6.07) is 8.38. The summed E-state index contributed by atoms with van der Waals surface area (Å²) in [7, 11) is 0. The number of benzene rings is 2. The van der Waals surface area contributed by atoms with Gasteiger partial charge in [0.2, 0.25) is 0 Å². The van der Waals surface area contributed by atoms with Gasteiger partial charge in [0.15, 0.2) is 0 Å². The molecule has 3 rings (SSSR count). The Labute approximate surface area is 150 Å². The van der Waals surface area contributed by atoms with Crippen LogP contribution >= 0.6 is 11.8 Å². The second-order valence-corrected chi connectivity index (χ2v) is 6.31. The van der Waals surface area contributed by atoms with Gasteiger partial charge in [0.05, 0.1) is 5.75 Å². The molecular weight excluding hydrogens is 366 g/mol. The smallest absolute Gasteiger partial charge is 0.336 e. The maximum Gasteiger partial charge on any atom is 0.336 e. The summed E-state index contributed by atoms with van der Waals surface area (Å²) < 4.78 is 36.7. The summed E-state index contributed by atoms with van der Waals surface area (Å²) in [6.45, 7) is -0.197. The second kappa shape index (κ2) is 7.57. The Kier molecular flexibility index (Phi) is 5.22. The third kappa shape index (κ3) is 4.20. The molecule has 26 heavy (non-hydrogen) atoms. The van der Waals surface area contributed by atoms with Gasteiger partial charge in [-0.15, -0.1) is 11.8 Å². The van der Waals surface area contributed by atoms with Crippen molar-refractivity contribution in [2.24, 2.45) is 0 Å². The highest BCUT2D eigenvalue weighted by molar-refractivity contribution is 8.00. The van der Waals surface area contributed by atoms with Gasteiger partial charge in [0.25, 0.3) is 0 Å². The zero-order valence-electron chi connectivity index (χ0n) is 13.2. The molecule has 0 fully saturated rings. The van der Waals surface area contributed by atoms with Gasteiger partial charge in [0.1, 0.15) is 29.6 Å². The highest BCUT2D eigenvalue weighted by atomic mass is 32.2. The second-order valence-electron chi connectivity index (χ2n) is 5.30. The van der Waals surface area contributed by atoms with E-state index >= 15 is 0 Å². The summed E-state index contributed by atoms with van der Waals surface area (Å²) in [5.41, 5.74) is -0.0725. The number of rotatable bonds is 5. The number of phenolic OH excluding ortho intramolecular Hbond substituents is 1. The summed E-state index contributed by atoms with van der Waals surface area (Å²) in [6.07, 6.45) is 0. The van der Waals surface area contributed by atoms with Gasteiger partial charge in [-0.2, -0.15) is 0 Å². The van der Waals surface area contributed by atoms with Crippen LogP contribution in [0.3, 0.4) is 0 Å². The Hall–Kier alpha value is -2.87. The Morgan fingerprint density at radius 2 is 1.96 bits per heavy atom. The van der Waals surface area contributed by atoms with Gasteiger partial charge < -0.3 is 14.3 Å². The van der Waals surface area contributed by atoms with Gasteiger partial charge >= 0.3 is 11.6 Å². The predicted octanol–water partition coefficient (Wildman–Crippen LogP) is 3.61. The van der Waals surface area contributed by atoms with Gasteiger partial charge in [-0.1, -0.05) is 0 Å². The Bertz CT molecular complexity index is 1030. The van der Waals surface area contributed by atoms with Crippen LogP contribution in [-0.4, -0.2) is 16.8 Å². The third-order valence-corrected chi connectivity index (χ3v) is 4.45. The summed E-state index contributed by atoms with van der Waals surface area (Å²) in [5, 5.41) is 9.96. The van der Waals surface area contributed by atoms with Crippen LogP contribution < -0.4 is 5.63 Å². The number of carbonyl (C=O) groups is 1. The lowest BCUT2D eigenvalue weighted by atomic mass is 10.1. The van der Waals surface area contributed by atoms with Crippen LogP contribution in [0.25, 0.3) is 11.0 Å². The van der Waals surface area contributed by atoms with E-state index in [0.717, 1.165) is 30.0 Å². The number of hydrogen-bond acceptors (Lipinski definition) is 6. The molecule has 0 saturated carbocycles. The number of aromatic hydroxyl groups is 1. The quantitative estimate of drug-likeness (QED) is 0.415. The van der Waals surface area contributed by atoms with E-state index in [-0.39, 0.29) is 28.6 Å². The fourth-order valence-electron chi connectivity index (χ4n) is 2.26. The first-order valence-corrected chi connectivity index (χ1v) is 8.40. The van der Waals surface area contributed by atoms with Crippen LogP contribution in [0.4, 0.5) is 8.78 Å². The van der Waals surface area contributed by atoms with E-state index in [4.69, 9.17) is 9.15 Å². The lowest BCUT2D eigenvalue weighted by Gasteiger charge is -2.08. The highest BCUT2D eigenvalue weighted by Gasteiger charge is 2.12. The molecular formula is C18H12F2O5S. The van der Waals surface area contributed by atoms with E-state index in [0.29, 0.717) is 10.9 Å². The normalized spacial score (nSPS) is 10.8.